The fourth-order valence-corrected chi connectivity index (χ4v) is 3.21. The van der Waals surface area contributed by atoms with E-state index in [0.29, 0.717) is 21.2 Å². The van der Waals surface area contributed by atoms with Crippen LogP contribution in [0.25, 0.3) is 16.1 Å². The smallest absolute Gasteiger partial charge is 0.346 e. The van der Waals surface area contributed by atoms with Gasteiger partial charge in [0, 0.05) is 10.6 Å². The number of carboxylic acids is 1. The molecule has 6 nitrogen and oxygen atoms in total. The van der Waals surface area contributed by atoms with E-state index in [4.69, 9.17) is 11.6 Å². The van der Waals surface area contributed by atoms with E-state index >= 15 is 0 Å². The van der Waals surface area contributed by atoms with E-state index in [1.807, 2.05) is 0 Å². The van der Waals surface area contributed by atoms with Crippen molar-refractivity contribution in [3.05, 3.63) is 52.4 Å². The number of halogens is 1. The van der Waals surface area contributed by atoms with Crippen molar-refractivity contribution in [2.75, 3.05) is 0 Å². The van der Waals surface area contributed by atoms with E-state index < -0.39 is 5.97 Å². The number of carboxylic acid groups (broad SMARTS) is 1. The highest BCUT2D eigenvalue weighted by Crippen LogP contribution is 2.38. The van der Waals surface area contributed by atoms with Crippen molar-refractivity contribution >= 4 is 28.9 Å². The molecule has 0 atom stereocenters. The van der Waals surface area contributed by atoms with Crippen LogP contribution in [0, 0.1) is 11.3 Å². The van der Waals surface area contributed by atoms with E-state index in [0.717, 1.165) is 11.3 Å². The first-order chi connectivity index (χ1) is 10.6. The molecule has 1 aromatic carbocycles. The lowest BCUT2D eigenvalue weighted by molar-refractivity contribution is 0.0703. The largest absolute Gasteiger partial charge is 0.477 e. The molecular formula is C14H7ClN4O2S. The van der Waals surface area contributed by atoms with Crippen LogP contribution in [0.3, 0.4) is 0 Å². The van der Waals surface area contributed by atoms with Crippen molar-refractivity contribution in [1.29, 1.82) is 5.26 Å². The minimum Gasteiger partial charge on any atom is -0.477 e. The number of nitrogens with zero attached hydrogens (tertiary/aromatic N) is 4. The molecule has 3 rings (SSSR count). The first kappa shape index (κ1) is 14.3. The first-order valence-electron chi connectivity index (χ1n) is 6.03. The van der Waals surface area contributed by atoms with E-state index in [9.17, 15) is 15.2 Å². The second kappa shape index (κ2) is 5.60. The molecule has 3 aromatic rings. The summed E-state index contributed by atoms with van der Waals surface area (Å²) in [5, 5.41) is 23.8. The molecule has 0 amide bonds. The highest BCUT2D eigenvalue weighted by atomic mass is 35.5. The number of nitriles is 1. The lowest BCUT2D eigenvalue weighted by Crippen LogP contribution is -1.96. The maximum atomic E-state index is 11.5. The molecule has 0 aliphatic carbocycles. The van der Waals surface area contributed by atoms with E-state index in [-0.39, 0.29) is 10.4 Å². The van der Waals surface area contributed by atoms with E-state index in [1.165, 1.54) is 17.3 Å². The second-order valence-corrected chi connectivity index (χ2v) is 5.69. The average Bonchev–Trinajstić information content (AvgIpc) is 3.14. The van der Waals surface area contributed by atoms with Gasteiger partial charge in [-0.3, -0.25) is 0 Å². The van der Waals surface area contributed by atoms with Crippen LogP contribution in [0.4, 0.5) is 0 Å². The molecule has 1 N–H and O–H groups in total. The molecule has 8 heteroatoms. The molecule has 108 valence electrons. The van der Waals surface area contributed by atoms with Gasteiger partial charge >= 0.3 is 5.97 Å². The molecule has 22 heavy (non-hydrogen) atoms. The Morgan fingerprint density at radius 1 is 1.36 bits per heavy atom. The quantitative estimate of drug-likeness (QED) is 0.796. The number of benzene rings is 1. The number of hydrogen-bond donors (Lipinski definition) is 1. The zero-order valence-corrected chi connectivity index (χ0v) is 12.5. The highest BCUT2D eigenvalue weighted by molar-refractivity contribution is 7.17. The van der Waals surface area contributed by atoms with Gasteiger partial charge in [-0.2, -0.15) is 10.4 Å². The Balaban J connectivity index is 2.30. The summed E-state index contributed by atoms with van der Waals surface area (Å²) in [7, 11) is 0. The minimum atomic E-state index is -1.10. The van der Waals surface area contributed by atoms with Gasteiger partial charge < -0.3 is 5.11 Å². The molecule has 0 saturated carbocycles. The lowest BCUT2D eigenvalue weighted by Gasteiger charge is -2.02. The fourth-order valence-electron chi connectivity index (χ4n) is 2.04. The number of rotatable bonds is 3. The van der Waals surface area contributed by atoms with E-state index in [2.05, 4.69) is 16.2 Å². The van der Waals surface area contributed by atoms with Crippen LogP contribution in [0.15, 0.2) is 36.9 Å². The molecule has 0 fully saturated rings. The summed E-state index contributed by atoms with van der Waals surface area (Å²) < 4.78 is 1.38. The van der Waals surface area contributed by atoms with Crippen LogP contribution in [0.5, 0.6) is 0 Å². The number of aromatic carboxylic acids is 1. The van der Waals surface area contributed by atoms with Gasteiger partial charge in [-0.05, 0) is 17.7 Å². The number of thiophene rings is 1. The second-order valence-electron chi connectivity index (χ2n) is 4.25. The molecule has 0 aliphatic heterocycles. The predicted molar refractivity (Wildman–Crippen MR) is 81.4 cm³/mol. The van der Waals surface area contributed by atoms with Gasteiger partial charge in [-0.25, -0.2) is 14.5 Å². The Morgan fingerprint density at radius 3 is 2.64 bits per heavy atom. The minimum absolute atomic E-state index is 0.0735. The van der Waals surface area contributed by atoms with Gasteiger partial charge in [0.2, 0.25) is 0 Å². The topological polar surface area (TPSA) is 91.8 Å². The molecule has 0 aliphatic rings. The summed E-state index contributed by atoms with van der Waals surface area (Å²) >= 11 is 6.84. The molecular weight excluding hydrogens is 324 g/mol. The van der Waals surface area contributed by atoms with Crippen molar-refractivity contribution in [3.63, 3.8) is 0 Å². The Labute approximate surface area is 133 Å². The van der Waals surface area contributed by atoms with Crippen LogP contribution in [0.2, 0.25) is 5.02 Å². The van der Waals surface area contributed by atoms with Gasteiger partial charge in [-0.15, -0.1) is 11.3 Å². The lowest BCUT2D eigenvalue weighted by atomic mass is 10.0. The zero-order chi connectivity index (χ0) is 15.7. The van der Waals surface area contributed by atoms with Crippen LogP contribution in [-0.4, -0.2) is 25.8 Å². The standard InChI is InChI=1S/C14H7ClN4O2S/c15-9-3-1-8(2-4-9)11-10(5-16)13(19-7-17-6-18-19)22-12(11)14(20)21/h1-4,6-7H,(H,20,21). The Morgan fingerprint density at radius 2 is 2.09 bits per heavy atom. The van der Waals surface area contributed by atoms with Gasteiger partial charge in [0.05, 0.1) is 5.56 Å². The predicted octanol–water partition coefficient (Wildman–Crippen LogP) is 3.22. The monoisotopic (exact) mass is 330 g/mol. The normalized spacial score (nSPS) is 10.4. The SMILES string of the molecule is N#Cc1c(-n2cncn2)sc(C(=O)O)c1-c1ccc(Cl)cc1. The third kappa shape index (κ3) is 2.35. The third-order valence-electron chi connectivity index (χ3n) is 2.96. The molecule has 2 heterocycles. The fraction of sp³-hybridized carbons (Fsp3) is 0. The molecule has 0 spiro atoms. The number of carbonyl (C=O) groups is 1. The molecule has 0 unspecified atom stereocenters. The van der Waals surface area contributed by atoms with Crippen molar-refractivity contribution < 1.29 is 9.90 Å². The van der Waals surface area contributed by atoms with Crippen LogP contribution in [0.1, 0.15) is 15.2 Å². The Hall–Kier alpha value is -2.69. The van der Waals surface area contributed by atoms with Crippen LogP contribution < -0.4 is 0 Å². The first-order valence-corrected chi connectivity index (χ1v) is 7.22. The van der Waals surface area contributed by atoms with Crippen molar-refractivity contribution in [3.8, 4) is 22.2 Å². The Bertz CT molecular complexity index is 879. The van der Waals surface area contributed by atoms with Crippen LogP contribution >= 0.6 is 22.9 Å². The summed E-state index contributed by atoms with van der Waals surface area (Å²) in [5.74, 6) is -1.10. The van der Waals surface area contributed by atoms with Gasteiger partial charge in [0.15, 0.2) is 0 Å². The molecule has 2 aromatic heterocycles. The van der Waals surface area contributed by atoms with Crippen molar-refractivity contribution in [2.45, 2.75) is 0 Å². The average molecular weight is 331 g/mol. The highest BCUT2D eigenvalue weighted by Gasteiger charge is 2.25. The maximum absolute atomic E-state index is 11.5. The van der Waals surface area contributed by atoms with Gasteiger partial charge in [0.25, 0.3) is 0 Å². The molecule has 0 saturated heterocycles. The molecule has 0 bridgehead atoms. The summed E-state index contributed by atoms with van der Waals surface area (Å²) in [4.78, 5) is 15.4. The van der Waals surface area contributed by atoms with E-state index in [1.54, 1.807) is 24.3 Å². The summed E-state index contributed by atoms with van der Waals surface area (Å²) in [6, 6.07) is 8.73. The molecule has 0 radical (unpaired) electrons. The Kier molecular flexibility index (Phi) is 3.63. The van der Waals surface area contributed by atoms with Crippen molar-refractivity contribution in [1.82, 2.24) is 14.8 Å². The van der Waals surface area contributed by atoms with Crippen molar-refractivity contribution in [2.24, 2.45) is 0 Å². The van der Waals surface area contributed by atoms with Gasteiger partial charge in [0.1, 0.15) is 28.6 Å². The van der Waals surface area contributed by atoms with Gasteiger partial charge in [-0.1, -0.05) is 23.7 Å². The number of hydrogen-bond acceptors (Lipinski definition) is 5. The van der Waals surface area contributed by atoms with Crippen LogP contribution in [-0.2, 0) is 0 Å². The summed E-state index contributed by atoms with van der Waals surface area (Å²) in [6.07, 6.45) is 2.74. The summed E-state index contributed by atoms with van der Waals surface area (Å²) in [6.45, 7) is 0. The third-order valence-corrected chi connectivity index (χ3v) is 4.37. The number of aromatic nitrogens is 3. The zero-order valence-electron chi connectivity index (χ0n) is 10.9. The maximum Gasteiger partial charge on any atom is 0.346 e. The summed E-state index contributed by atoms with van der Waals surface area (Å²) in [5.41, 5.74) is 1.22.